The predicted molar refractivity (Wildman–Crippen MR) is 250 cm³/mol. The number of hydrogen-bond acceptors (Lipinski definition) is 4. The average Bonchev–Trinajstić information content (AvgIpc) is 3.69. The Morgan fingerprint density at radius 1 is 0.237 bits per heavy atom. The minimum absolute atomic E-state index is 0.649. The molecule has 0 spiro atoms. The fraction of sp³-hybridized carbons (Fsp3) is 0. The number of aromatic nitrogens is 3. The maximum atomic E-state index is 5.12. The van der Waals surface area contributed by atoms with Gasteiger partial charge in [-0.15, -0.1) is 11.3 Å². The predicted octanol–water partition coefficient (Wildman–Crippen LogP) is 15.2. The Morgan fingerprint density at radius 3 is 1.31 bits per heavy atom. The Kier molecular flexibility index (Phi) is 7.72. The number of rotatable bonds is 5. The van der Waals surface area contributed by atoms with Gasteiger partial charge >= 0.3 is 0 Å². The number of hydrogen-bond donors (Lipinski definition) is 0. The number of benzene rings is 10. The Hall–Kier alpha value is -7.53. The molecule has 0 N–H and O–H groups in total. The van der Waals surface area contributed by atoms with Crippen LogP contribution in [0.4, 0.5) is 0 Å². The normalized spacial score (nSPS) is 11.7. The van der Waals surface area contributed by atoms with Crippen molar-refractivity contribution in [3.8, 4) is 56.4 Å². The van der Waals surface area contributed by atoms with E-state index in [-0.39, 0.29) is 0 Å². The molecular weight excluding hydrogens is 735 g/mol. The van der Waals surface area contributed by atoms with Crippen molar-refractivity contribution in [2.24, 2.45) is 0 Å². The van der Waals surface area contributed by atoms with Gasteiger partial charge in [-0.2, -0.15) is 0 Å². The molecule has 4 heteroatoms. The zero-order chi connectivity index (χ0) is 38.9. The van der Waals surface area contributed by atoms with Gasteiger partial charge in [-0.05, 0) is 95.7 Å². The summed E-state index contributed by atoms with van der Waals surface area (Å²) in [6, 6.07) is 71.8. The highest BCUT2D eigenvalue weighted by atomic mass is 32.1. The molecule has 0 amide bonds. The van der Waals surface area contributed by atoms with Crippen molar-refractivity contribution in [1.82, 2.24) is 15.0 Å². The van der Waals surface area contributed by atoms with Gasteiger partial charge < -0.3 is 0 Å². The summed E-state index contributed by atoms with van der Waals surface area (Å²) in [6.45, 7) is 0. The molecule has 0 fully saturated rings. The lowest BCUT2D eigenvalue weighted by molar-refractivity contribution is 1.08. The maximum Gasteiger partial charge on any atom is 0.164 e. The van der Waals surface area contributed by atoms with Crippen LogP contribution in [-0.4, -0.2) is 15.0 Å². The Balaban J connectivity index is 1.07. The highest BCUT2D eigenvalue weighted by Gasteiger charge is 2.19. The second-order valence-corrected chi connectivity index (χ2v) is 16.2. The Bertz CT molecular complexity index is 3550. The van der Waals surface area contributed by atoms with E-state index in [2.05, 4.69) is 164 Å². The molecule has 0 aliphatic rings. The first kappa shape index (κ1) is 33.6. The summed E-state index contributed by atoms with van der Waals surface area (Å²) in [7, 11) is 0. The van der Waals surface area contributed by atoms with Crippen LogP contribution in [0.5, 0.6) is 0 Å². The molecule has 0 radical (unpaired) electrons. The molecule has 0 bridgehead atoms. The van der Waals surface area contributed by atoms with Crippen LogP contribution in [0.15, 0.2) is 200 Å². The molecule has 0 aliphatic heterocycles. The maximum absolute atomic E-state index is 5.12. The van der Waals surface area contributed by atoms with Crippen LogP contribution in [0, 0.1) is 0 Å². The summed E-state index contributed by atoms with van der Waals surface area (Å²) in [4.78, 5) is 15.2. The number of fused-ring (bicyclic) bond motifs is 9. The monoisotopic (exact) mass is 767 g/mol. The summed E-state index contributed by atoms with van der Waals surface area (Å²) in [5.41, 5.74) is 7.73. The lowest BCUT2D eigenvalue weighted by Gasteiger charge is -2.18. The van der Waals surface area contributed by atoms with Gasteiger partial charge in [0, 0.05) is 36.9 Å². The molecule has 0 atom stereocenters. The molecule has 2 aromatic heterocycles. The topological polar surface area (TPSA) is 38.7 Å². The summed E-state index contributed by atoms with van der Waals surface area (Å²) >= 11 is 1.87. The molecular formula is C55H33N3S. The van der Waals surface area contributed by atoms with E-state index in [1.54, 1.807) is 0 Å². The summed E-state index contributed by atoms with van der Waals surface area (Å²) < 4.78 is 2.64. The van der Waals surface area contributed by atoms with E-state index >= 15 is 0 Å². The highest BCUT2D eigenvalue weighted by molar-refractivity contribution is 7.25. The zero-order valence-electron chi connectivity index (χ0n) is 31.8. The van der Waals surface area contributed by atoms with Crippen molar-refractivity contribution in [3.05, 3.63) is 200 Å². The van der Waals surface area contributed by atoms with E-state index in [0.29, 0.717) is 17.5 Å². The van der Waals surface area contributed by atoms with Gasteiger partial charge in [0.1, 0.15) is 0 Å². The standard InChI is InChI=1S/C55H33N3S/c1-3-15-34(16-4-1)53-56-54(35-17-5-2-6-18-35)58-55(57-53)46-30-29-43(37-19-7-8-20-38(37)46)48-33-50-40-22-10-9-21-39(40)47(32-49(50)42-24-12-11-23-41(42)48)36-27-28-45-44-25-13-14-26-51(44)59-52(45)31-36/h1-33H. The zero-order valence-corrected chi connectivity index (χ0v) is 32.6. The minimum Gasteiger partial charge on any atom is -0.208 e. The first-order valence-corrected chi connectivity index (χ1v) is 20.8. The molecule has 0 aliphatic carbocycles. The average molecular weight is 768 g/mol. The fourth-order valence-corrected chi connectivity index (χ4v) is 10.1. The number of thiophene rings is 1. The van der Waals surface area contributed by atoms with Gasteiger partial charge in [-0.1, -0.05) is 170 Å². The van der Waals surface area contributed by atoms with Crippen LogP contribution < -0.4 is 0 Å². The molecule has 2 heterocycles. The minimum atomic E-state index is 0.649. The molecule has 0 saturated heterocycles. The third-order valence-corrected chi connectivity index (χ3v) is 12.9. The molecule has 274 valence electrons. The van der Waals surface area contributed by atoms with Crippen LogP contribution in [0.25, 0.3) is 120 Å². The number of nitrogens with zero attached hydrogens (tertiary/aromatic N) is 3. The van der Waals surface area contributed by atoms with E-state index in [0.717, 1.165) is 27.5 Å². The van der Waals surface area contributed by atoms with Gasteiger partial charge in [0.15, 0.2) is 17.5 Å². The molecule has 0 unspecified atom stereocenters. The van der Waals surface area contributed by atoms with Crippen molar-refractivity contribution >= 4 is 74.6 Å². The van der Waals surface area contributed by atoms with Crippen LogP contribution in [0.3, 0.4) is 0 Å². The largest absolute Gasteiger partial charge is 0.208 e. The highest BCUT2D eigenvalue weighted by Crippen LogP contribution is 2.45. The SMILES string of the molecule is c1ccc(-c2nc(-c3ccccc3)nc(-c3ccc(-c4cc5c6ccccc6c(-c6ccc7c(c6)sc6ccccc67)cc5c5ccccc45)c4ccccc34)n2)cc1. The molecule has 12 rings (SSSR count). The summed E-state index contributed by atoms with van der Waals surface area (Å²) in [5, 5.41) is 12.3. The lowest BCUT2D eigenvalue weighted by Crippen LogP contribution is -2.00. The Morgan fingerprint density at radius 2 is 0.678 bits per heavy atom. The molecule has 59 heavy (non-hydrogen) atoms. The van der Waals surface area contributed by atoms with E-state index in [4.69, 9.17) is 15.0 Å². The van der Waals surface area contributed by atoms with Crippen LogP contribution >= 0.6 is 11.3 Å². The molecule has 10 aromatic carbocycles. The third-order valence-electron chi connectivity index (χ3n) is 11.7. The lowest BCUT2D eigenvalue weighted by atomic mass is 9.86. The summed E-state index contributed by atoms with van der Waals surface area (Å²) in [5.74, 6) is 1.95. The quantitative estimate of drug-likeness (QED) is 0.164. The first-order valence-electron chi connectivity index (χ1n) is 19.9. The van der Waals surface area contributed by atoms with Crippen molar-refractivity contribution < 1.29 is 0 Å². The van der Waals surface area contributed by atoms with Crippen molar-refractivity contribution in [3.63, 3.8) is 0 Å². The third kappa shape index (κ3) is 5.53. The van der Waals surface area contributed by atoms with Crippen molar-refractivity contribution in [2.75, 3.05) is 0 Å². The van der Waals surface area contributed by atoms with Gasteiger partial charge in [-0.3, -0.25) is 0 Å². The van der Waals surface area contributed by atoms with E-state index in [1.165, 1.54) is 74.7 Å². The van der Waals surface area contributed by atoms with Crippen LogP contribution in [-0.2, 0) is 0 Å². The smallest absolute Gasteiger partial charge is 0.164 e. The van der Waals surface area contributed by atoms with Crippen LogP contribution in [0.1, 0.15) is 0 Å². The van der Waals surface area contributed by atoms with Crippen LogP contribution in [0.2, 0.25) is 0 Å². The van der Waals surface area contributed by atoms with Gasteiger partial charge in [-0.25, -0.2) is 15.0 Å². The van der Waals surface area contributed by atoms with Crippen molar-refractivity contribution in [1.29, 1.82) is 0 Å². The first-order chi connectivity index (χ1) is 29.2. The second kappa shape index (κ2) is 13.6. The van der Waals surface area contributed by atoms with Crippen molar-refractivity contribution in [2.45, 2.75) is 0 Å². The van der Waals surface area contributed by atoms with Gasteiger partial charge in [0.05, 0.1) is 0 Å². The molecule has 0 saturated carbocycles. The molecule has 12 aromatic rings. The van der Waals surface area contributed by atoms with E-state index in [9.17, 15) is 0 Å². The molecule has 3 nitrogen and oxygen atoms in total. The fourth-order valence-electron chi connectivity index (χ4n) is 8.96. The summed E-state index contributed by atoms with van der Waals surface area (Å²) in [6.07, 6.45) is 0. The van der Waals surface area contributed by atoms with E-state index in [1.807, 2.05) is 47.7 Å². The second-order valence-electron chi connectivity index (χ2n) is 15.1. The van der Waals surface area contributed by atoms with Gasteiger partial charge in [0.25, 0.3) is 0 Å². The van der Waals surface area contributed by atoms with E-state index < -0.39 is 0 Å². The van der Waals surface area contributed by atoms with Gasteiger partial charge in [0.2, 0.25) is 0 Å². The Labute approximate surface area is 344 Å².